The molecule has 2 saturated carbocycles. The van der Waals surface area contributed by atoms with Crippen LogP contribution in [0.15, 0.2) is 6.07 Å². The molecule has 0 aromatic carbocycles. The third-order valence-electron chi connectivity index (χ3n) is 4.73. The van der Waals surface area contributed by atoms with Gasteiger partial charge in [0.2, 0.25) is 0 Å². The fraction of sp³-hybridized carbons (Fsp3) is 0.750. The van der Waals surface area contributed by atoms with E-state index in [1.54, 1.807) is 0 Å². The number of anilines is 2. The average molecular weight is 289 g/mol. The Morgan fingerprint density at radius 3 is 2.43 bits per heavy atom. The summed E-state index contributed by atoms with van der Waals surface area (Å²) in [7, 11) is 0. The minimum Gasteiger partial charge on any atom is -0.367 e. The zero-order valence-electron chi connectivity index (χ0n) is 12.9. The van der Waals surface area contributed by atoms with Gasteiger partial charge in [-0.25, -0.2) is 15.8 Å². The predicted octanol–water partition coefficient (Wildman–Crippen LogP) is 3.41. The molecule has 0 bridgehead atoms. The van der Waals surface area contributed by atoms with Crippen LogP contribution in [-0.2, 0) is 0 Å². The third kappa shape index (κ3) is 3.84. The number of nitrogen functional groups attached to an aromatic ring is 1. The van der Waals surface area contributed by atoms with Crippen LogP contribution in [0.25, 0.3) is 0 Å². The molecule has 4 N–H and O–H groups in total. The molecule has 2 aliphatic rings. The highest BCUT2D eigenvalue weighted by Crippen LogP contribution is 2.39. The molecule has 1 aromatic heterocycles. The van der Waals surface area contributed by atoms with Crippen LogP contribution in [0.2, 0.25) is 0 Å². The lowest BCUT2D eigenvalue weighted by Crippen LogP contribution is -2.27. The molecule has 0 saturated heterocycles. The summed E-state index contributed by atoms with van der Waals surface area (Å²) in [6.07, 6.45) is 10.3. The Labute approximate surface area is 127 Å². The molecule has 0 atom stereocenters. The van der Waals surface area contributed by atoms with Crippen molar-refractivity contribution in [3.8, 4) is 0 Å². The standard InChI is InChI=1S/C16H27N5/c1-2-3-11-4-8-13(9-5-11)18-14-10-15(21-17)20-16(19-14)12-6-7-12/h10-13H,2-9,17H2,1H3,(H2,18,19,20,21). The highest BCUT2D eigenvalue weighted by Gasteiger charge is 2.28. The summed E-state index contributed by atoms with van der Waals surface area (Å²) in [5.74, 6) is 9.58. The molecule has 0 spiro atoms. The maximum Gasteiger partial charge on any atom is 0.145 e. The summed E-state index contributed by atoms with van der Waals surface area (Å²) in [5.41, 5.74) is 2.66. The Morgan fingerprint density at radius 2 is 1.81 bits per heavy atom. The van der Waals surface area contributed by atoms with E-state index in [1.165, 1.54) is 51.4 Å². The van der Waals surface area contributed by atoms with E-state index in [0.717, 1.165) is 17.6 Å². The lowest BCUT2D eigenvalue weighted by atomic mass is 9.83. The van der Waals surface area contributed by atoms with Crippen molar-refractivity contribution in [2.24, 2.45) is 11.8 Å². The number of aromatic nitrogens is 2. The molecule has 2 fully saturated rings. The van der Waals surface area contributed by atoms with Crippen LogP contribution in [0.4, 0.5) is 11.6 Å². The fourth-order valence-electron chi connectivity index (χ4n) is 3.35. The van der Waals surface area contributed by atoms with Crippen LogP contribution in [0.1, 0.15) is 70.0 Å². The van der Waals surface area contributed by atoms with E-state index in [-0.39, 0.29) is 0 Å². The van der Waals surface area contributed by atoms with E-state index in [0.29, 0.717) is 17.8 Å². The topological polar surface area (TPSA) is 75.9 Å². The van der Waals surface area contributed by atoms with Crippen LogP contribution in [0, 0.1) is 5.92 Å². The largest absolute Gasteiger partial charge is 0.367 e. The SMILES string of the molecule is CCCC1CCC(Nc2cc(NN)nc(C3CC3)n2)CC1. The van der Waals surface area contributed by atoms with Crippen molar-refractivity contribution >= 4 is 11.6 Å². The molecule has 0 amide bonds. The van der Waals surface area contributed by atoms with Crippen molar-refractivity contribution in [1.82, 2.24) is 9.97 Å². The molecular formula is C16H27N5. The maximum atomic E-state index is 5.52. The molecule has 3 rings (SSSR count). The zero-order chi connectivity index (χ0) is 14.7. The monoisotopic (exact) mass is 289 g/mol. The van der Waals surface area contributed by atoms with Crippen LogP contribution in [0.3, 0.4) is 0 Å². The molecule has 5 heteroatoms. The maximum absolute atomic E-state index is 5.52. The van der Waals surface area contributed by atoms with Gasteiger partial charge in [0.05, 0.1) is 0 Å². The molecular weight excluding hydrogens is 262 g/mol. The summed E-state index contributed by atoms with van der Waals surface area (Å²) in [6, 6.07) is 2.47. The first-order valence-electron chi connectivity index (χ1n) is 8.40. The minimum atomic E-state index is 0.541. The zero-order valence-corrected chi connectivity index (χ0v) is 12.9. The van der Waals surface area contributed by atoms with Gasteiger partial charge in [-0.05, 0) is 44.4 Å². The number of hydrazine groups is 1. The van der Waals surface area contributed by atoms with Gasteiger partial charge in [-0.15, -0.1) is 0 Å². The number of nitrogens with zero attached hydrogens (tertiary/aromatic N) is 2. The number of nitrogens with one attached hydrogen (secondary N) is 2. The first-order valence-corrected chi connectivity index (χ1v) is 8.40. The van der Waals surface area contributed by atoms with Gasteiger partial charge >= 0.3 is 0 Å². The highest BCUT2D eigenvalue weighted by atomic mass is 15.3. The second-order valence-electron chi connectivity index (χ2n) is 6.57. The average Bonchev–Trinajstić information content (AvgIpc) is 3.34. The van der Waals surface area contributed by atoms with E-state index in [4.69, 9.17) is 5.84 Å². The van der Waals surface area contributed by atoms with Crippen LogP contribution in [0.5, 0.6) is 0 Å². The smallest absolute Gasteiger partial charge is 0.145 e. The lowest BCUT2D eigenvalue weighted by Gasteiger charge is -2.29. The molecule has 1 heterocycles. The van der Waals surface area contributed by atoms with Gasteiger partial charge in [0.15, 0.2) is 0 Å². The van der Waals surface area contributed by atoms with Gasteiger partial charge in [0.1, 0.15) is 17.5 Å². The van der Waals surface area contributed by atoms with Gasteiger partial charge in [0.25, 0.3) is 0 Å². The normalized spacial score (nSPS) is 25.6. The molecule has 2 aliphatic carbocycles. The molecule has 5 nitrogen and oxygen atoms in total. The van der Waals surface area contributed by atoms with Crippen molar-refractivity contribution in [2.45, 2.75) is 70.3 Å². The first-order chi connectivity index (χ1) is 10.3. The van der Waals surface area contributed by atoms with Gasteiger partial charge in [-0.2, -0.15) is 0 Å². The Bertz CT molecular complexity index is 464. The van der Waals surface area contributed by atoms with E-state index in [2.05, 4.69) is 27.6 Å². The van der Waals surface area contributed by atoms with Gasteiger partial charge < -0.3 is 10.7 Å². The van der Waals surface area contributed by atoms with Crippen LogP contribution >= 0.6 is 0 Å². The van der Waals surface area contributed by atoms with Crippen molar-refractivity contribution in [3.63, 3.8) is 0 Å². The molecule has 0 radical (unpaired) electrons. The Kier molecular flexibility index (Phi) is 4.58. The molecule has 116 valence electrons. The van der Waals surface area contributed by atoms with Crippen LogP contribution < -0.4 is 16.6 Å². The Hall–Kier alpha value is -1.36. The third-order valence-corrected chi connectivity index (χ3v) is 4.73. The highest BCUT2D eigenvalue weighted by molar-refractivity contribution is 5.48. The van der Waals surface area contributed by atoms with E-state index >= 15 is 0 Å². The molecule has 21 heavy (non-hydrogen) atoms. The molecule has 0 unspecified atom stereocenters. The molecule has 1 aromatic rings. The van der Waals surface area contributed by atoms with Gasteiger partial charge in [-0.1, -0.05) is 19.8 Å². The number of hydrogen-bond acceptors (Lipinski definition) is 5. The summed E-state index contributed by atoms with van der Waals surface area (Å²) < 4.78 is 0. The summed E-state index contributed by atoms with van der Waals surface area (Å²) in [4.78, 5) is 9.13. The van der Waals surface area contributed by atoms with Crippen molar-refractivity contribution < 1.29 is 0 Å². The van der Waals surface area contributed by atoms with E-state index in [1.807, 2.05) is 6.07 Å². The second-order valence-corrected chi connectivity index (χ2v) is 6.57. The second kappa shape index (κ2) is 6.60. The fourth-order valence-corrected chi connectivity index (χ4v) is 3.35. The van der Waals surface area contributed by atoms with Crippen molar-refractivity contribution in [3.05, 3.63) is 11.9 Å². The van der Waals surface area contributed by atoms with Gasteiger partial charge in [-0.3, -0.25) is 0 Å². The van der Waals surface area contributed by atoms with Gasteiger partial charge in [0, 0.05) is 18.0 Å². The quantitative estimate of drug-likeness (QED) is 0.552. The first kappa shape index (κ1) is 14.6. The van der Waals surface area contributed by atoms with Crippen molar-refractivity contribution in [1.29, 1.82) is 0 Å². The summed E-state index contributed by atoms with van der Waals surface area (Å²) in [6.45, 7) is 2.28. The Balaban J connectivity index is 1.61. The summed E-state index contributed by atoms with van der Waals surface area (Å²) >= 11 is 0. The summed E-state index contributed by atoms with van der Waals surface area (Å²) in [5, 5.41) is 3.59. The minimum absolute atomic E-state index is 0.541. The van der Waals surface area contributed by atoms with Crippen molar-refractivity contribution in [2.75, 3.05) is 10.7 Å². The number of rotatable bonds is 6. The lowest BCUT2D eigenvalue weighted by molar-refractivity contribution is 0.318. The van der Waals surface area contributed by atoms with E-state index < -0.39 is 0 Å². The van der Waals surface area contributed by atoms with E-state index in [9.17, 15) is 0 Å². The molecule has 0 aliphatic heterocycles. The van der Waals surface area contributed by atoms with Crippen LogP contribution in [-0.4, -0.2) is 16.0 Å². The Morgan fingerprint density at radius 1 is 1.10 bits per heavy atom. The number of nitrogens with two attached hydrogens (primary N) is 1. The predicted molar refractivity (Wildman–Crippen MR) is 86.1 cm³/mol. The number of hydrogen-bond donors (Lipinski definition) is 3.